The van der Waals surface area contributed by atoms with E-state index in [1.165, 1.54) is 46.7 Å². The molecule has 0 spiro atoms. The van der Waals surface area contributed by atoms with Crippen LogP contribution in [0.1, 0.15) is 51.5 Å². The summed E-state index contributed by atoms with van der Waals surface area (Å²) in [6, 6.07) is 15.0. The highest BCUT2D eigenvalue weighted by molar-refractivity contribution is 5.91. The molecule has 1 fully saturated rings. The lowest BCUT2D eigenvalue weighted by Gasteiger charge is -2.22. The van der Waals surface area contributed by atoms with Crippen LogP contribution in [0, 0.1) is 19.8 Å². The molecular weight excluding hydrogens is 424 g/mol. The first kappa shape index (κ1) is 22.4. The smallest absolute Gasteiger partial charge is 0.273 e. The lowest BCUT2D eigenvalue weighted by atomic mass is 10.0. The molecule has 1 aliphatic carbocycles. The first-order valence-corrected chi connectivity index (χ1v) is 12.1. The number of oxazole rings is 1. The van der Waals surface area contributed by atoms with Gasteiger partial charge in [-0.2, -0.15) is 0 Å². The number of benzene rings is 2. The van der Waals surface area contributed by atoms with E-state index in [2.05, 4.69) is 82.7 Å². The van der Waals surface area contributed by atoms with Crippen LogP contribution in [0.2, 0.25) is 0 Å². The zero-order valence-corrected chi connectivity index (χ0v) is 19.9. The lowest BCUT2D eigenvalue weighted by Crippen LogP contribution is -2.27. The summed E-state index contributed by atoms with van der Waals surface area (Å²) in [4.78, 5) is 22.6. The van der Waals surface area contributed by atoms with Crippen molar-refractivity contribution in [3.8, 4) is 0 Å². The van der Waals surface area contributed by atoms with Crippen LogP contribution in [0.15, 0.2) is 59.3 Å². The maximum absolute atomic E-state index is 12.4. The van der Waals surface area contributed by atoms with E-state index in [1.54, 1.807) is 0 Å². The molecule has 1 aliphatic rings. The summed E-state index contributed by atoms with van der Waals surface area (Å²) < 4.78 is 5.72. The number of carbonyl (C=O) groups is 1. The van der Waals surface area contributed by atoms with Crippen molar-refractivity contribution in [2.24, 2.45) is 5.92 Å². The number of H-pyrrole nitrogens is 1. The minimum atomic E-state index is -0.151. The Morgan fingerprint density at radius 3 is 2.85 bits per heavy atom. The van der Waals surface area contributed by atoms with Gasteiger partial charge in [-0.1, -0.05) is 42.0 Å². The van der Waals surface area contributed by atoms with Gasteiger partial charge in [-0.15, -0.1) is 0 Å². The average Bonchev–Trinajstić information content (AvgIpc) is 3.39. The molecule has 0 atom stereocenters. The molecule has 0 aliphatic heterocycles. The SMILES string of the molecule is Cc1ccc(C)c(CN(CCc2c[nH]c3ccccc23)Cc2nc(C(=O)NCC3CC3)co2)c1. The van der Waals surface area contributed by atoms with E-state index in [0.717, 1.165) is 31.6 Å². The first-order valence-electron chi connectivity index (χ1n) is 12.1. The lowest BCUT2D eigenvalue weighted by molar-refractivity contribution is 0.0946. The van der Waals surface area contributed by atoms with Crippen molar-refractivity contribution < 1.29 is 9.21 Å². The second-order valence-corrected chi connectivity index (χ2v) is 9.53. The third-order valence-electron chi connectivity index (χ3n) is 6.66. The number of aryl methyl sites for hydroxylation is 2. The molecule has 5 rings (SSSR count). The van der Waals surface area contributed by atoms with Crippen molar-refractivity contribution in [3.63, 3.8) is 0 Å². The maximum Gasteiger partial charge on any atom is 0.273 e. The van der Waals surface area contributed by atoms with Gasteiger partial charge in [0.1, 0.15) is 6.26 Å². The fourth-order valence-corrected chi connectivity index (χ4v) is 4.37. The topological polar surface area (TPSA) is 74.2 Å². The summed E-state index contributed by atoms with van der Waals surface area (Å²) in [6.45, 7) is 7.19. The molecule has 0 bridgehead atoms. The Morgan fingerprint density at radius 2 is 2.00 bits per heavy atom. The molecule has 0 radical (unpaired) electrons. The number of fused-ring (bicyclic) bond motifs is 1. The molecule has 0 unspecified atom stereocenters. The van der Waals surface area contributed by atoms with E-state index in [4.69, 9.17) is 4.42 Å². The van der Waals surface area contributed by atoms with Crippen molar-refractivity contribution in [1.82, 2.24) is 20.2 Å². The highest BCUT2D eigenvalue weighted by atomic mass is 16.3. The van der Waals surface area contributed by atoms with Crippen LogP contribution in [0.5, 0.6) is 0 Å². The molecular formula is C28H32N4O2. The summed E-state index contributed by atoms with van der Waals surface area (Å²) in [6.07, 6.45) is 6.90. The number of rotatable bonds is 10. The predicted molar refractivity (Wildman–Crippen MR) is 134 cm³/mol. The fourth-order valence-electron chi connectivity index (χ4n) is 4.37. The average molecular weight is 457 g/mol. The van der Waals surface area contributed by atoms with Crippen LogP contribution in [-0.4, -0.2) is 33.9 Å². The third-order valence-corrected chi connectivity index (χ3v) is 6.66. The monoisotopic (exact) mass is 456 g/mol. The van der Waals surface area contributed by atoms with Crippen molar-refractivity contribution in [2.45, 2.75) is 46.2 Å². The van der Waals surface area contributed by atoms with Crippen molar-refractivity contribution >= 4 is 16.8 Å². The summed E-state index contributed by atoms with van der Waals surface area (Å²) in [5, 5.41) is 4.23. The molecule has 0 saturated heterocycles. The number of para-hydroxylation sites is 1. The highest BCUT2D eigenvalue weighted by Crippen LogP contribution is 2.27. The second kappa shape index (κ2) is 9.85. The Balaban J connectivity index is 1.31. The Kier molecular flexibility index (Phi) is 6.50. The van der Waals surface area contributed by atoms with Gasteiger partial charge in [0.05, 0.1) is 6.54 Å². The molecule has 1 saturated carbocycles. The fraction of sp³-hybridized carbons (Fsp3) is 0.357. The molecule has 176 valence electrons. The van der Waals surface area contributed by atoms with Crippen LogP contribution >= 0.6 is 0 Å². The number of amides is 1. The van der Waals surface area contributed by atoms with Gasteiger partial charge in [0.2, 0.25) is 5.89 Å². The minimum absolute atomic E-state index is 0.151. The molecule has 2 N–H and O–H groups in total. The number of nitrogens with zero attached hydrogens (tertiary/aromatic N) is 2. The molecule has 6 heteroatoms. The summed E-state index contributed by atoms with van der Waals surface area (Å²) in [5.41, 5.74) is 6.65. The molecule has 2 aromatic carbocycles. The van der Waals surface area contributed by atoms with E-state index in [9.17, 15) is 4.79 Å². The van der Waals surface area contributed by atoms with E-state index in [0.29, 0.717) is 24.0 Å². The number of nitrogens with one attached hydrogen (secondary N) is 2. The molecule has 6 nitrogen and oxygen atoms in total. The van der Waals surface area contributed by atoms with Crippen LogP contribution < -0.4 is 5.32 Å². The van der Waals surface area contributed by atoms with E-state index < -0.39 is 0 Å². The molecule has 2 aromatic heterocycles. The second-order valence-electron chi connectivity index (χ2n) is 9.53. The van der Waals surface area contributed by atoms with Gasteiger partial charge in [0, 0.05) is 36.7 Å². The van der Waals surface area contributed by atoms with Crippen LogP contribution in [0.3, 0.4) is 0 Å². The summed E-state index contributed by atoms with van der Waals surface area (Å²) in [7, 11) is 0. The van der Waals surface area contributed by atoms with Gasteiger partial charge >= 0.3 is 0 Å². The predicted octanol–water partition coefficient (Wildman–Crippen LogP) is 5.16. The largest absolute Gasteiger partial charge is 0.447 e. The van der Waals surface area contributed by atoms with Gasteiger partial charge in [-0.25, -0.2) is 4.98 Å². The maximum atomic E-state index is 12.4. The summed E-state index contributed by atoms with van der Waals surface area (Å²) >= 11 is 0. The zero-order chi connectivity index (χ0) is 23.5. The number of carbonyl (C=O) groups excluding carboxylic acids is 1. The van der Waals surface area contributed by atoms with Gasteiger partial charge in [0.25, 0.3) is 5.91 Å². The van der Waals surface area contributed by atoms with E-state index in [-0.39, 0.29) is 5.91 Å². The third kappa shape index (κ3) is 5.39. The van der Waals surface area contributed by atoms with Gasteiger partial charge in [-0.05, 0) is 61.8 Å². The van der Waals surface area contributed by atoms with Gasteiger partial charge in [-0.3, -0.25) is 9.69 Å². The number of hydrogen-bond donors (Lipinski definition) is 2. The number of aromatic amines is 1. The quantitative estimate of drug-likeness (QED) is 0.346. The van der Waals surface area contributed by atoms with Crippen molar-refractivity contribution in [3.05, 3.63) is 88.8 Å². The van der Waals surface area contributed by atoms with Crippen LogP contribution in [0.25, 0.3) is 10.9 Å². The molecule has 34 heavy (non-hydrogen) atoms. The Hall–Kier alpha value is -3.38. The molecule has 4 aromatic rings. The molecule has 2 heterocycles. The number of aromatic nitrogens is 2. The van der Waals surface area contributed by atoms with Crippen LogP contribution in [0.4, 0.5) is 0 Å². The Bertz CT molecular complexity index is 1280. The first-order chi connectivity index (χ1) is 16.5. The van der Waals surface area contributed by atoms with E-state index >= 15 is 0 Å². The van der Waals surface area contributed by atoms with Gasteiger partial charge < -0.3 is 14.7 Å². The molecule has 1 amide bonds. The standard InChI is InChI=1S/C28H32N4O2/c1-19-7-8-20(2)23(13-19)16-32(12-11-22-15-29-25-6-4-3-5-24(22)25)17-27-31-26(18-34-27)28(33)30-14-21-9-10-21/h3-8,13,15,18,21,29H,9-12,14,16-17H2,1-2H3,(H,30,33). The van der Waals surface area contributed by atoms with Crippen molar-refractivity contribution in [2.75, 3.05) is 13.1 Å². The van der Waals surface area contributed by atoms with Crippen molar-refractivity contribution in [1.29, 1.82) is 0 Å². The minimum Gasteiger partial charge on any atom is -0.447 e. The summed E-state index contributed by atoms with van der Waals surface area (Å²) in [5.74, 6) is 1.05. The highest BCUT2D eigenvalue weighted by Gasteiger charge is 2.23. The van der Waals surface area contributed by atoms with Crippen LogP contribution in [-0.2, 0) is 19.5 Å². The Labute approximate surface area is 200 Å². The van der Waals surface area contributed by atoms with Gasteiger partial charge in [0.15, 0.2) is 5.69 Å². The normalized spacial score (nSPS) is 13.6. The Morgan fingerprint density at radius 1 is 1.15 bits per heavy atom. The number of hydrogen-bond acceptors (Lipinski definition) is 4. The van der Waals surface area contributed by atoms with E-state index in [1.807, 2.05) is 0 Å². The zero-order valence-electron chi connectivity index (χ0n) is 19.9.